The average molecular weight is 717 g/mol. The first-order chi connectivity index (χ1) is 23.6. The molecule has 0 aliphatic heterocycles. The molecule has 0 saturated carbocycles. The largest absolute Gasteiger partial charge is 0.469 e. The van der Waals surface area contributed by atoms with Gasteiger partial charge in [-0.1, -0.05) is 134 Å². The fraction of sp³-hybridized carbons (Fsp3) is 0.789. The molecule has 0 fully saturated rings. The Balaban J connectivity index is 4.25. The van der Waals surface area contributed by atoms with Crippen LogP contribution in [-0.4, -0.2) is 63.5 Å². The molecule has 0 spiro atoms. The summed E-state index contributed by atoms with van der Waals surface area (Å²) in [4.78, 5) is 42.7. The standard InChI is InChI=1S/C38H69O10P/c1-3-5-7-9-11-13-15-17-19-21-23-25-28-35(39)36(40)29-27-31-38(42)48-34(33-47-49(43,44)45)32-46-37(41)30-26-24-22-20-18-16-14-12-10-8-6-4-2/h11,13,17,19,23,25,34-36,39-40H,3-10,12,14-16,18,20-22,24,26-33H2,1-2H3,(H2,43,44,45)/b13-11-,19-17-,25-23-/t34-,35?,36?/m1/s1. The first-order valence-electron chi connectivity index (χ1n) is 18.9. The van der Waals surface area contributed by atoms with Gasteiger partial charge in [-0.2, -0.15) is 0 Å². The smallest absolute Gasteiger partial charge is 0.462 e. The van der Waals surface area contributed by atoms with Gasteiger partial charge in [0.2, 0.25) is 0 Å². The maximum absolute atomic E-state index is 12.4. The summed E-state index contributed by atoms with van der Waals surface area (Å²) in [5.41, 5.74) is 0. The van der Waals surface area contributed by atoms with Crippen LogP contribution in [0.2, 0.25) is 0 Å². The van der Waals surface area contributed by atoms with Crippen molar-refractivity contribution in [1.82, 2.24) is 0 Å². The summed E-state index contributed by atoms with van der Waals surface area (Å²) in [6.45, 7) is 3.39. The zero-order valence-electron chi connectivity index (χ0n) is 30.6. The number of phosphoric ester groups is 1. The Morgan fingerprint density at radius 3 is 1.71 bits per heavy atom. The van der Waals surface area contributed by atoms with Gasteiger partial charge in [0.1, 0.15) is 6.61 Å². The fourth-order valence-corrected chi connectivity index (χ4v) is 5.48. The summed E-state index contributed by atoms with van der Waals surface area (Å²) in [6.07, 6.45) is 30.4. The van der Waals surface area contributed by atoms with E-state index in [-0.39, 0.29) is 38.7 Å². The molecule has 0 aromatic rings. The predicted molar refractivity (Wildman–Crippen MR) is 196 cm³/mol. The van der Waals surface area contributed by atoms with Gasteiger partial charge >= 0.3 is 19.8 Å². The maximum atomic E-state index is 12.4. The predicted octanol–water partition coefficient (Wildman–Crippen LogP) is 8.95. The third-order valence-corrected chi connectivity index (χ3v) is 8.60. The van der Waals surface area contributed by atoms with E-state index in [0.29, 0.717) is 6.42 Å². The third-order valence-electron chi connectivity index (χ3n) is 8.11. The Kier molecular flexibility index (Phi) is 32.1. The Bertz CT molecular complexity index is 929. The van der Waals surface area contributed by atoms with E-state index >= 15 is 0 Å². The number of aliphatic hydroxyl groups excluding tert-OH is 2. The van der Waals surface area contributed by atoms with Crippen molar-refractivity contribution >= 4 is 19.8 Å². The molecular weight excluding hydrogens is 647 g/mol. The molecule has 11 heteroatoms. The number of carbonyl (C=O) groups is 2. The van der Waals surface area contributed by atoms with Crippen molar-refractivity contribution in [2.45, 2.75) is 180 Å². The van der Waals surface area contributed by atoms with Gasteiger partial charge in [-0.25, -0.2) is 4.57 Å². The molecule has 10 nitrogen and oxygen atoms in total. The molecule has 0 heterocycles. The number of aliphatic hydroxyl groups is 2. The van der Waals surface area contributed by atoms with E-state index in [1.807, 2.05) is 12.2 Å². The highest BCUT2D eigenvalue weighted by Gasteiger charge is 2.23. The SMILES string of the molecule is CCCCC/C=C\C/C=C\C/C=C\CC(O)C(O)CCCC(=O)O[C@H](COC(=O)CCCCCCCCCCCCCC)COP(=O)(O)O. The number of hydrogen-bond donors (Lipinski definition) is 4. The lowest BCUT2D eigenvalue weighted by atomic mass is 10.0. The highest BCUT2D eigenvalue weighted by molar-refractivity contribution is 7.46. The molecule has 286 valence electrons. The second kappa shape index (κ2) is 33.3. The highest BCUT2D eigenvalue weighted by atomic mass is 31.2. The number of allylic oxidation sites excluding steroid dienone is 5. The van der Waals surface area contributed by atoms with Crippen LogP contribution in [0.5, 0.6) is 0 Å². The molecule has 0 aromatic heterocycles. The van der Waals surface area contributed by atoms with Gasteiger partial charge in [0, 0.05) is 12.8 Å². The number of rotatable bonds is 34. The summed E-state index contributed by atoms with van der Waals surface area (Å²) in [5, 5.41) is 20.5. The molecule has 4 N–H and O–H groups in total. The summed E-state index contributed by atoms with van der Waals surface area (Å²) in [6, 6.07) is 0. The molecule has 0 bridgehead atoms. The molecule has 0 aliphatic carbocycles. The first kappa shape index (κ1) is 47.2. The quantitative estimate of drug-likeness (QED) is 0.0219. The van der Waals surface area contributed by atoms with E-state index in [9.17, 15) is 24.4 Å². The van der Waals surface area contributed by atoms with Gasteiger partial charge in [-0.05, 0) is 51.4 Å². The van der Waals surface area contributed by atoms with Gasteiger partial charge in [0.05, 0.1) is 18.8 Å². The molecular formula is C38H69O10P. The number of ether oxygens (including phenoxy) is 2. The second-order valence-corrected chi connectivity index (χ2v) is 14.1. The van der Waals surface area contributed by atoms with E-state index in [4.69, 9.17) is 19.3 Å². The van der Waals surface area contributed by atoms with E-state index in [0.717, 1.165) is 38.5 Å². The topological polar surface area (TPSA) is 160 Å². The Labute approximate surface area is 297 Å². The van der Waals surface area contributed by atoms with Crippen LogP contribution in [0, 0.1) is 0 Å². The second-order valence-electron chi connectivity index (χ2n) is 12.9. The monoisotopic (exact) mass is 716 g/mol. The van der Waals surface area contributed by atoms with Crippen LogP contribution in [0.4, 0.5) is 0 Å². The normalized spacial score (nSPS) is 14.2. The first-order valence-corrected chi connectivity index (χ1v) is 20.5. The van der Waals surface area contributed by atoms with Gasteiger partial charge in [0.15, 0.2) is 6.10 Å². The number of unbranched alkanes of at least 4 members (excludes halogenated alkanes) is 14. The van der Waals surface area contributed by atoms with Crippen LogP contribution in [0.15, 0.2) is 36.5 Å². The molecule has 0 amide bonds. The summed E-state index contributed by atoms with van der Waals surface area (Å²) >= 11 is 0. The number of carbonyl (C=O) groups excluding carboxylic acids is 2. The number of hydrogen-bond acceptors (Lipinski definition) is 8. The summed E-state index contributed by atoms with van der Waals surface area (Å²) < 4.78 is 26.1. The fourth-order valence-electron chi connectivity index (χ4n) is 5.12. The van der Waals surface area contributed by atoms with Crippen LogP contribution in [0.3, 0.4) is 0 Å². The molecule has 0 radical (unpaired) electrons. The van der Waals surface area contributed by atoms with Crippen molar-refractivity contribution in [3.63, 3.8) is 0 Å². The molecule has 0 aromatic carbocycles. The summed E-state index contributed by atoms with van der Waals surface area (Å²) in [5.74, 6) is -1.17. The molecule has 0 saturated heterocycles. The van der Waals surface area contributed by atoms with Crippen molar-refractivity contribution in [2.24, 2.45) is 0 Å². The minimum absolute atomic E-state index is 0.101. The maximum Gasteiger partial charge on any atom is 0.469 e. The van der Waals surface area contributed by atoms with Gasteiger partial charge in [-0.15, -0.1) is 0 Å². The number of phosphoric acid groups is 1. The lowest BCUT2D eigenvalue weighted by molar-refractivity contribution is -0.161. The van der Waals surface area contributed by atoms with Crippen molar-refractivity contribution < 1.29 is 48.2 Å². The lowest BCUT2D eigenvalue weighted by Crippen LogP contribution is -2.30. The van der Waals surface area contributed by atoms with Crippen molar-refractivity contribution in [3.8, 4) is 0 Å². The minimum atomic E-state index is -4.83. The Hall–Kier alpha value is -1.81. The summed E-state index contributed by atoms with van der Waals surface area (Å²) in [7, 11) is -4.83. The van der Waals surface area contributed by atoms with Crippen molar-refractivity contribution in [3.05, 3.63) is 36.5 Å². The average Bonchev–Trinajstić information content (AvgIpc) is 3.06. The Morgan fingerprint density at radius 1 is 0.612 bits per heavy atom. The van der Waals surface area contributed by atoms with Crippen molar-refractivity contribution in [2.75, 3.05) is 13.2 Å². The van der Waals surface area contributed by atoms with E-state index in [2.05, 4.69) is 42.7 Å². The van der Waals surface area contributed by atoms with Crippen molar-refractivity contribution in [1.29, 1.82) is 0 Å². The Morgan fingerprint density at radius 2 is 1.12 bits per heavy atom. The van der Waals surface area contributed by atoms with Crippen LogP contribution in [-0.2, 0) is 28.2 Å². The van der Waals surface area contributed by atoms with E-state index in [1.165, 1.54) is 70.6 Å². The molecule has 3 atom stereocenters. The van der Waals surface area contributed by atoms with E-state index < -0.39 is 44.7 Å². The van der Waals surface area contributed by atoms with Crippen LogP contribution in [0.1, 0.15) is 162 Å². The molecule has 49 heavy (non-hydrogen) atoms. The minimum Gasteiger partial charge on any atom is -0.462 e. The van der Waals surface area contributed by atoms with Gasteiger partial charge in [0.25, 0.3) is 0 Å². The van der Waals surface area contributed by atoms with Gasteiger partial charge < -0.3 is 29.5 Å². The molecule has 0 aliphatic rings. The highest BCUT2D eigenvalue weighted by Crippen LogP contribution is 2.36. The van der Waals surface area contributed by atoms with Gasteiger partial charge in [-0.3, -0.25) is 14.1 Å². The lowest BCUT2D eigenvalue weighted by Gasteiger charge is -2.19. The third kappa shape index (κ3) is 34.4. The van der Waals surface area contributed by atoms with Crippen LogP contribution in [0.25, 0.3) is 0 Å². The van der Waals surface area contributed by atoms with Crippen LogP contribution >= 0.6 is 7.82 Å². The zero-order valence-corrected chi connectivity index (χ0v) is 31.5. The van der Waals surface area contributed by atoms with Crippen LogP contribution < -0.4 is 0 Å². The zero-order chi connectivity index (χ0) is 36.4. The molecule has 0 rings (SSSR count). The molecule has 2 unspecified atom stereocenters. The van der Waals surface area contributed by atoms with E-state index in [1.54, 1.807) is 0 Å². The number of esters is 2.